The van der Waals surface area contributed by atoms with Crippen molar-refractivity contribution in [1.82, 2.24) is 4.90 Å². The van der Waals surface area contributed by atoms with E-state index in [9.17, 15) is 9.90 Å². The van der Waals surface area contributed by atoms with Crippen LogP contribution in [0.3, 0.4) is 0 Å². The second kappa shape index (κ2) is 9.16. The summed E-state index contributed by atoms with van der Waals surface area (Å²) in [5.41, 5.74) is 2.42. The number of piperidine rings is 1. The topological polar surface area (TPSA) is 59.0 Å². The standard InChI is InChI=1S/C23H28ClNO4/c1-16-11-20(12-17(2)21(16)24)29-15-23(27)9-4-10-25(14-23)22(26)19-7-5-18(6-8-19)13-28-3/h5-8,11-12,27H,4,9-10,13-15H2,1-3H3. The number of carbonyl (C=O) groups is 1. The monoisotopic (exact) mass is 417 g/mol. The molecule has 2 aromatic rings. The largest absolute Gasteiger partial charge is 0.491 e. The van der Waals surface area contributed by atoms with Crippen molar-refractivity contribution in [1.29, 1.82) is 0 Å². The molecular weight excluding hydrogens is 390 g/mol. The molecule has 0 aromatic heterocycles. The van der Waals surface area contributed by atoms with Gasteiger partial charge < -0.3 is 19.5 Å². The van der Waals surface area contributed by atoms with Crippen LogP contribution in [0, 0.1) is 13.8 Å². The molecule has 0 radical (unpaired) electrons. The summed E-state index contributed by atoms with van der Waals surface area (Å²) in [6.45, 7) is 5.37. The Labute approximate surface area is 177 Å². The van der Waals surface area contributed by atoms with Gasteiger partial charge in [0, 0.05) is 24.2 Å². The highest BCUT2D eigenvalue weighted by atomic mass is 35.5. The Morgan fingerprint density at radius 1 is 1.21 bits per heavy atom. The van der Waals surface area contributed by atoms with Crippen LogP contribution in [-0.2, 0) is 11.3 Å². The molecule has 1 amide bonds. The number of hydrogen-bond acceptors (Lipinski definition) is 4. The molecule has 6 heteroatoms. The molecule has 156 valence electrons. The highest BCUT2D eigenvalue weighted by Crippen LogP contribution is 2.28. The Morgan fingerprint density at radius 3 is 2.48 bits per heavy atom. The van der Waals surface area contributed by atoms with Crippen molar-refractivity contribution in [3.63, 3.8) is 0 Å². The molecule has 1 unspecified atom stereocenters. The first kappa shape index (κ1) is 21.6. The van der Waals surface area contributed by atoms with Gasteiger partial charge in [0.1, 0.15) is 18.0 Å². The molecule has 1 N–H and O–H groups in total. The molecule has 3 rings (SSSR count). The summed E-state index contributed by atoms with van der Waals surface area (Å²) in [7, 11) is 1.64. The maximum atomic E-state index is 12.9. The third-order valence-corrected chi connectivity index (χ3v) is 5.87. The van der Waals surface area contributed by atoms with Gasteiger partial charge >= 0.3 is 0 Å². The van der Waals surface area contributed by atoms with E-state index in [4.69, 9.17) is 21.1 Å². The van der Waals surface area contributed by atoms with Crippen molar-refractivity contribution in [2.75, 3.05) is 26.8 Å². The summed E-state index contributed by atoms with van der Waals surface area (Å²) in [5.74, 6) is 0.597. The van der Waals surface area contributed by atoms with Gasteiger partial charge in [-0.25, -0.2) is 0 Å². The zero-order valence-corrected chi connectivity index (χ0v) is 18.0. The first-order valence-corrected chi connectivity index (χ1v) is 10.2. The first-order valence-electron chi connectivity index (χ1n) is 9.80. The number of aryl methyl sites for hydroxylation is 2. The van der Waals surface area contributed by atoms with Crippen LogP contribution in [0.15, 0.2) is 36.4 Å². The van der Waals surface area contributed by atoms with E-state index in [-0.39, 0.29) is 19.1 Å². The van der Waals surface area contributed by atoms with E-state index in [2.05, 4.69) is 0 Å². The van der Waals surface area contributed by atoms with Crippen molar-refractivity contribution in [2.45, 2.75) is 38.9 Å². The number of nitrogens with zero attached hydrogens (tertiary/aromatic N) is 1. The van der Waals surface area contributed by atoms with Crippen molar-refractivity contribution in [2.24, 2.45) is 0 Å². The van der Waals surface area contributed by atoms with Crippen LogP contribution in [-0.4, -0.2) is 48.3 Å². The summed E-state index contributed by atoms with van der Waals surface area (Å²) >= 11 is 6.21. The smallest absolute Gasteiger partial charge is 0.253 e. The van der Waals surface area contributed by atoms with Crippen molar-refractivity contribution in [3.05, 3.63) is 63.7 Å². The van der Waals surface area contributed by atoms with Crippen LogP contribution in [0.1, 0.15) is 39.9 Å². The summed E-state index contributed by atoms with van der Waals surface area (Å²) in [6.07, 6.45) is 1.32. The Kier molecular flexibility index (Phi) is 6.83. The second-order valence-electron chi connectivity index (χ2n) is 7.84. The van der Waals surface area contributed by atoms with E-state index in [1.54, 1.807) is 24.1 Å². The van der Waals surface area contributed by atoms with E-state index >= 15 is 0 Å². The predicted octanol–water partition coefficient (Wildman–Crippen LogP) is 4.15. The SMILES string of the molecule is COCc1ccc(C(=O)N2CCCC(O)(COc3cc(C)c(Cl)c(C)c3)C2)cc1. The molecule has 0 saturated carbocycles. The van der Waals surface area contributed by atoms with Gasteiger partial charge in [-0.15, -0.1) is 0 Å². The number of likely N-dealkylation sites (tertiary alicyclic amines) is 1. The zero-order valence-electron chi connectivity index (χ0n) is 17.2. The van der Waals surface area contributed by atoms with Gasteiger partial charge in [-0.05, 0) is 67.6 Å². The number of hydrogen-bond donors (Lipinski definition) is 1. The molecule has 1 aliphatic heterocycles. The Hall–Kier alpha value is -2.08. The molecule has 2 aromatic carbocycles. The normalized spacial score (nSPS) is 19.3. The minimum atomic E-state index is -1.08. The fraction of sp³-hybridized carbons (Fsp3) is 0.435. The van der Waals surface area contributed by atoms with Crippen LogP contribution in [0.25, 0.3) is 0 Å². The minimum Gasteiger partial charge on any atom is -0.491 e. The number of benzene rings is 2. The van der Waals surface area contributed by atoms with Crippen molar-refractivity contribution < 1.29 is 19.4 Å². The highest BCUT2D eigenvalue weighted by molar-refractivity contribution is 6.32. The predicted molar refractivity (Wildman–Crippen MR) is 114 cm³/mol. The lowest BCUT2D eigenvalue weighted by atomic mass is 9.93. The molecule has 1 heterocycles. The highest BCUT2D eigenvalue weighted by Gasteiger charge is 2.36. The van der Waals surface area contributed by atoms with Crippen molar-refractivity contribution in [3.8, 4) is 5.75 Å². The molecule has 1 saturated heterocycles. The fourth-order valence-corrected chi connectivity index (χ4v) is 3.81. The Balaban J connectivity index is 1.64. The number of methoxy groups -OCH3 is 1. The molecule has 1 aliphatic rings. The molecule has 0 bridgehead atoms. The van der Waals surface area contributed by atoms with Gasteiger partial charge in [0.25, 0.3) is 5.91 Å². The molecule has 0 aliphatic carbocycles. The number of β-amino-alcohol motifs (C(OH)–C–C–N with tert-alkyl or cyclic N) is 1. The molecule has 29 heavy (non-hydrogen) atoms. The maximum absolute atomic E-state index is 12.9. The number of halogens is 1. The summed E-state index contributed by atoms with van der Waals surface area (Å²) in [4.78, 5) is 14.6. The fourth-order valence-electron chi connectivity index (χ4n) is 3.70. The Morgan fingerprint density at radius 2 is 1.86 bits per heavy atom. The lowest BCUT2D eigenvalue weighted by molar-refractivity contribution is -0.0532. The van der Waals surface area contributed by atoms with E-state index in [1.165, 1.54) is 0 Å². The average Bonchev–Trinajstić information content (AvgIpc) is 2.71. The molecule has 1 fully saturated rings. The van der Waals surface area contributed by atoms with Crippen molar-refractivity contribution >= 4 is 17.5 Å². The summed E-state index contributed by atoms with van der Waals surface area (Å²) in [5, 5.41) is 11.8. The third kappa shape index (κ3) is 5.30. The minimum absolute atomic E-state index is 0.0785. The van der Waals surface area contributed by atoms with Gasteiger partial charge in [-0.2, -0.15) is 0 Å². The number of amides is 1. The van der Waals surface area contributed by atoms with E-state index in [1.807, 2.05) is 38.1 Å². The molecule has 5 nitrogen and oxygen atoms in total. The zero-order chi connectivity index (χ0) is 21.0. The van der Waals surface area contributed by atoms with Crippen LogP contribution in [0.2, 0.25) is 5.02 Å². The number of carbonyl (C=O) groups excluding carboxylic acids is 1. The number of ether oxygens (including phenoxy) is 2. The summed E-state index contributed by atoms with van der Waals surface area (Å²) in [6, 6.07) is 11.1. The average molecular weight is 418 g/mol. The van der Waals surface area contributed by atoms with E-state index in [0.717, 1.165) is 28.1 Å². The lowest BCUT2D eigenvalue weighted by Crippen LogP contribution is -2.53. The van der Waals surface area contributed by atoms with Gasteiger partial charge in [-0.1, -0.05) is 23.7 Å². The molecule has 1 atom stereocenters. The van der Waals surface area contributed by atoms with E-state index in [0.29, 0.717) is 30.9 Å². The van der Waals surface area contributed by atoms with Crippen LogP contribution >= 0.6 is 11.6 Å². The van der Waals surface area contributed by atoms with Crippen LogP contribution in [0.5, 0.6) is 5.75 Å². The van der Waals surface area contributed by atoms with Gasteiger partial charge in [0.15, 0.2) is 0 Å². The maximum Gasteiger partial charge on any atom is 0.253 e. The number of aliphatic hydroxyl groups is 1. The quantitative estimate of drug-likeness (QED) is 0.767. The van der Waals surface area contributed by atoms with Gasteiger partial charge in [0.05, 0.1) is 13.2 Å². The second-order valence-corrected chi connectivity index (χ2v) is 8.22. The van der Waals surface area contributed by atoms with Crippen LogP contribution < -0.4 is 4.74 Å². The number of rotatable bonds is 6. The van der Waals surface area contributed by atoms with Gasteiger partial charge in [0.2, 0.25) is 0 Å². The molecular formula is C23H28ClNO4. The third-order valence-electron chi connectivity index (χ3n) is 5.27. The Bertz CT molecular complexity index is 845. The molecule has 0 spiro atoms. The van der Waals surface area contributed by atoms with E-state index < -0.39 is 5.60 Å². The first-order chi connectivity index (χ1) is 13.8. The summed E-state index contributed by atoms with van der Waals surface area (Å²) < 4.78 is 11.0. The van der Waals surface area contributed by atoms with Crippen LogP contribution in [0.4, 0.5) is 0 Å². The lowest BCUT2D eigenvalue weighted by Gasteiger charge is -2.39. The van der Waals surface area contributed by atoms with Gasteiger partial charge in [-0.3, -0.25) is 4.79 Å².